The summed E-state index contributed by atoms with van der Waals surface area (Å²) in [5.74, 6) is -0.744. The molecule has 1 aliphatic rings. The van der Waals surface area contributed by atoms with Crippen LogP contribution < -0.4 is 14.9 Å². The lowest BCUT2D eigenvalue weighted by molar-refractivity contribution is -0.384. The first-order chi connectivity index (χ1) is 20.1. The van der Waals surface area contributed by atoms with E-state index in [0.717, 1.165) is 12.1 Å². The molecule has 5 rings (SSSR count). The number of rotatable bonds is 8. The fraction of sp³-hybridized carbons (Fsp3) is 0.214. The number of benzene rings is 3. The number of amides is 1. The number of carbonyl (C=O) groups excluding carboxylic acids is 1. The third kappa shape index (κ3) is 5.66. The standard InChI is InChI=1S/C28H24FN3O9S/c1-39-21-8-11-23-24(16-21)41-27(18-2-4-19(29)5-3-18)28(26(23)34)40-17-25(33)30-12-14-31(15-13-30)42(37,38)22-9-6-20(7-10-22)32(35)36/h2-11,16H,12-15,17H2,1H3. The van der Waals surface area contributed by atoms with E-state index in [1.807, 2.05) is 0 Å². The van der Waals surface area contributed by atoms with Gasteiger partial charge in [0.2, 0.25) is 21.2 Å². The molecule has 3 aromatic carbocycles. The van der Waals surface area contributed by atoms with Gasteiger partial charge in [-0.1, -0.05) is 0 Å². The SMILES string of the molecule is COc1ccc2c(=O)c(OCC(=O)N3CCN(S(=O)(=O)c4ccc([N+](=O)[O-])cc4)CC3)c(-c3ccc(F)cc3)oc2c1. The van der Waals surface area contributed by atoms with Crippen LogP contribution in [0.5, 0.6) is 11.5 Å². The first-order valence-electron chi connectivity index (χ1n) is 12.6. The molecule has 1 aromatic heterocycles. The molecular weight excluding hydrogens is 573 g/mol. The van der Waals surface area contributed by atoms with Gasteiger partial charge in [0, 0.05) is 49.9 Å². The molecular formula is C28H24FN3O9S. The summed E-state index contributed by atoms with van der Waals surface area (Å²) in [4.78, 5) is 38.0. The second-order valence-electron chi connectivity index (χ2n) is 9.28. The molecule has 0 spiro atoms. The van der Waals surface area contributed by atoms with Crippen molar-refractivity contribution in [2.45, 2.75) is 4.90 Å². The molecule has 2 heterocycles. The number of hydrogen-bond donors (Lipinski definition) is 0. The predicted octanol–water partition coefficient (Wildman–Crippen LogP) is 3.43. The Morgan fingerprint density at radius 2 is 1.69 bits per heavy atom. The molecule has 0 bridgehead atoms. The van der Waals surface area contributed by atoms with Gasteiger partial charge in [0.1, 0.15) is 17.1 Å². The van der Waals surface area contributed by atoms with Gasteiger partial charge in [-0.2, -0.15) is 4.31 Å². The number of piperazine rings is 1. The quantitative estimate of drug-likeness (QED) is 0.220. The molecule has 12 nitrogen and oxygen atoms in total. The number of hydrogen-bond acceptors (Lipinski definition) is 9. The van der Waals surface area contributed by atoms with Gasteiger partial charge in [-0.25, -0.2) is 12.8 Å². The number of halogens is 1. The van der Waals surface area contributed by atoms with Crippen molar-refractivity contribution < 1.29 is 36.4 Å². The lowest BCUT2D eigenvalue weighted by Crippen LogP contribution is -2.51. The van der Waals surface area contributed by atoms with Crippen molar-refractivity contribution >= 4 is 32.6 Å². The Hall–Kier alpha value is -4.82. The lowest BCUT2D eigenvalue weighted by atomic mass is 10.1. The van der Waals surface area contributed by atoms with Crippen molar-refractivity contribution in [1.82, 2.24) is 9.21 Å². The normalized spacial score (nSPS) is 14.1. The van der Waals surface area contributed by atoms with E-state index < -0.39 is 38.7 Å². The first-order valence-corrected chi connectivity index (χ1v) is 14.1. The van der Waals surface area contributed by atoms with Crippen molar-refractivity contribution in [3.8, 4) is 22.8 Å². The third-order valence-corrected chi connectivity index (χ3v) is 8.69. The molecule has 4 aromatic rings. The van der Waals surface area contributed by atoms with Crippen molar-refractivity contribution in [1.29, 1.82) is 0 Å². The molecule has 0 radical (unpaired) electrons. The zero-order chi connectivity index (χ0) is 30.0. The number of sulfonamides is 1. The number of carbonyl (C=O) groups is 1. The van der Waals surface area contributed by atoms with Gasteiger partial charge in [0.25, 0.3) is 11.6 Å². The Morgan fingerprint density at radius 3 is 2.31 bits per heavy atom. The highest BCUT2D eigenvalue weighted by molar-refractivity contribution is 7.89. The summed E-state index contributed by atoms with van der Waals surface area (Å²) in [5.41, 5.74) is -0.203. The van der Waals surface area contributed by atoms with Gasteiger partial charge in [-0.3, -0.25) is 19.7 Å². The Balaban J connectivity index is 1.32. The summed E-state index contributed by atoms with van der Waals surface area (Å²) in [6, 6.07) is 14.4. The summed E-state index contributed by atoms with van der Waals surface area (Å²) in [6.07, 6.45) is 0. The van der Waals surface area contributed by atoms with Crippen LogP contribution in [0, 0.1) is 15.9 Å². The van der Waals surface area contributed by atoms with Crippen LogP contribution in [0.1, 0.15) is 0 Å². The van der Waals surface area contributed by atoms with E-state index in [9.17, 15) is 32.5 Å². The van der Waals surface area contributed by atoms with Gasteiger partial charge in [-0.05, 0) is 48.5 Å². The molecule has 0 unspecified atom stereocenters. The average Bonchev–Trinajstić information content (AvgIpc) is 3.00. The van der Waals surface area contributed by atoms with Crippen LogP contribution in [0.25, 0.3) is 22.3 Å². The van der Waals surface area contributed by atoms with E-state index in [2.05, 4.69) is 0 Å². The Bertz CT molecular complexity index is 1820. The van der Waals surface area contributed by atoms with Crippen LogP contribution in [-0.2, 0) is 14.8 Å². The summed E-state index contributed by atoms with van der Waals surface area (Å²) in [5, 5.41) is 11.1. The summed E-state index contributed by atoms with van der Waals surface area (Å²) in [6.45, 7) is -0.427. The van der Waals surface area contributed by atoms with Crippen molar-refractivity contribution in [2.75, 3.05) is 39.9 Å². The number of fused-ring (bicyclic) bond motifs is 1. The highest BCUT2D eigenvalue weighted by Gasteiger charge is 2.31. The van der Waals surface area contributed by atoms with Gasteiger partial charge in [-0.15, -0.1) is 0 Å². The van der Waals surface area contributed by atoms with Gasteiger partial charge in [0.05, 0.1) is 22.3 Å². The van der Waals surface area contributed by atoms with E-state index in [1.165, 1.54) is 64.8 Å². The zero-order valence-electron chi connectivity index (χ0n) is 22.2. The number of methoxy groups -OCH3 is 1. The van der Waals surface area contributed by atoms with E-state index in [-0.39, 0.29) is 59.2 Å². The second kappa shape index (κ2) is 11.6. The molecule has 0 atom stereocenters. The summed E-state index contributed by atoms with van der Waals surface area (Å²) in [7, 11) is -2.46. The van der Waals surface area contributed by atoms with Crippen LogP contribution >= 0.6 is 0 Å². The monoisotopic (exact) mass is 597 g/mol. The van der Waals surface area contributed by atoms with E-state index >= 15 is 0 Å². The van der Waals surface area contributed by atoms with E-state index in [0.29, 0.717) is 11.3 Å². The fourth-order valence-electron chi connectivity index (χ4n) is 4.50. The zero-order valence-corrected chi connectivity index (χ0v) is 23.0. The smallest absolute Gasteiger partial charge is 0.269 e. The lowest BCUT2D eigenvalue weighted by Gasteiger charge is -2.33. The molecule has 0 N–H and O–H groups in total. The minimum Gasteiger partial charge on any atom is -0.497 e. The van der Waals surface area contributed by atoms with Crippen LogP contribution in [0.4, 0.5) is 10.1 Å². The first kappa shape index (κ1) is 28.7. The Kier molecular flexibility index (Phi) is 7.91. The Morgan fingerprint density at radius 1 is 1.02 bits per heavy atom. The van der Waals surface area contributed by atoms with Crippen LogP contribution in [-0.4, -0.2) is 68.3 Å². The number of nitro groups is 1. The molecule has 0 saturated carbocycles. The maximum atomic E-state index is 13.6. The summed E-state index contributed by atoms with van der Waals surface area (Å²) < 4.78 is 57.6. The average molecular weight is 598 g/mol. The van der Waals surface area contributed by atoms with Gasteiger partial charge >= 0.3 is 0 Å². The number of nitro benzene ring substituents is 1. The molecule has 1 amide bonds. The van der Waals surface area contributed by atoms with Crippen LogP contribution in [0.15, 0.2) is 80.8 Å². The highest BCUT2D eigenvalue weighted by Crippen LogP contribution is 2.32. The summed E-state index contributed by atoms with van der Waals surface area (Å²) >= 11 is 0. The number of non-ortho nitro benzene ring substituents is 1. The van der Waals surface area contributed by atoms with Gasteiger partial charge in [0.15, 0.2) is 12.4 Å². The molecule has 1 fully saturated rings. The molecule has 14 heteroatoms. The number of ether oxygens (including phenoxy) is 2. The topological polar surface area (TPSA) is 150 Å². The molecule has 1 aliphatic heterocycles. The Labute approximate surface area is 238 Å². The predicted molar refractivity (Wildman–Crippen MR) is 148 cm³/mol. The third-order valence-electron chi connectivity index (χ3n) is 6.78. The highest BCUT2D eigenvalue weighted by atomic mass is 32.2. The van der Waals surface area contributed by atoms with Gasteiger partial charge < -0.3 is 18.8 Å². The fourth-order valence-corrected chi connectivity index (χ4v) is 5.92. The van der Waals surface area contributed by atoms with Crippen molar-refractivity contribution in [2.24, 2.45) is 0 Å². The van der Waals surface area contributed by atoms with Crippen LogP contribution in [0.2, 0.25) is 0 Å². The van der Waals surface area contributed by atoms with E-state index in [1.54, 1.807) is 6.07 Å². The number of nitrogens with zero attached hydrogens (tertiary/aromatic N) is 3. The van der Waals surface area contributed by atoms with Crippen molar-refractivity contribution in [3.05, 3.63) is 92.9 Å². The molecule has 42 heavy (non-hydrogen) atoms. The van der Waals surface area contributed by atoms with E-state index in [4.69, 9.17) is 13.9 Å². The molecule has 0 aliphatic carbocycles. The van der Waals surface area contributed by atoms with Crippen molar-refractivity contribution in [3.63, 3.8) is 0 Å². The van der Waals surface area contributed by atoms with Crippen LogP contribution in [0.3, 0.4) is 0 Å². The second-order valence-corrected chi connectivity index (χ2v) is 11.2. The maximum absolute atomic E-state index is 13.6. The largest absolute Gasteiger partial charge is 0.497 e. The molecule has 218 valence electrons. The minimum absolute atomic E-state index is 0.00700. The minimum atomic E-state index is -3.93. The maximum Gasteiger partial charge on any atom is 0.269 e. The molecule has 1 saturated heterocycles.